The van der Waals surface area contributed by atoms with Crippen molar-refractivity contribution in [3.05, 3.63) is 51.7 Å². The number of fused-ring (bicyclic) bond motifs is 1. The first kappa shape index (κ1) is 14.6. The van der Waals surface area contributed by atoms with Crippen LogP contribution in [-0.4, -0.2) is 13.2 Å². The van der Waals surface area contributed by atoms with E-state index in [1.165, 1.54) is 35.3 Å². The van der Waals surface area contributed by atoms with Gasteiger partial charge in [-0.15, -0.1) is 11.3 Å². The second-order valence-corrected chi connectivity index (χ2v) is 6.59. The van der Waals surface area contributed by atoms with Crippen LogP contribution in [0.5, 0.6) is 5.75 Å². The molecule has 2 unspecified atom stereocenters. The Kier molecular flexibility index (Phi) is 4.58. The molecular weight excluding hydrogens is 280 g/mol. The van der Waals surface area contributed by atoms with E-state index in [-0.39, 0.29) is 6.04 Å². The third-order valence-corrected chi connectivity index (χ3v) is 5.43. The number of hydrogen-bond donors (Lipinski definition) is 2. The van der Waals surface area contributed by atoms with Gasteiger partial charge in [0.2, 0.25) is 0 Å². The number of thiophene rings is 1. The minimum Gasteiger partial charge on any atom is -0.496 e. The maximum Gasteiger partial charge on any atom is 0.122 e. The van der Waals surface area contributed by atoms with Gasteiger partial charge in [0, 0.05) is 16.8 Å². The van der Waals surface area contributed by atoms with Crippen molar-refractivity contribution >= 4 is 11.3 Å². The van der Waals surface area contributed by atoms with E-state index in [9.17, 15) is 0 Å². The zero-order valence-corrected chi connectivity index (χ0v) is 13.2. The van der Waals surface area contributed by atoms with E-state index in [0.717, 1.165) is 12.2 Å². The lowest BCUT2D eigenvalue weighted by molar-refractivity contribution is 0.380. The summed E-state index contributed by atoms with van der Waals surface area (Å²) in [4.78, 5) is 1.53. The summed E-state index contributed by atoms with van der Waals surface area (Å²) in [6, 6.07) is 10.7. The van der Waals surface area contributed by atoms with Crippen LogP contribution in [0.1, 0.15) is 34.8 Å². The van der Waals surface area contributed by atoms with Crippen molar-refractivity contribution in [3.63, 3.8) is 0 Å². The molecule has 0 radical (unpaired) electrons. The van der Waals surface area contributed by atoms with E-state index >= 15 is 0 Å². The quantitative estimate of drug-likeness (QED) is 0.658. The van der Waals surface area contributed by atoms with Gasteiger partial charge >= 0.3 is 0 Å². The number of rotatable bonds is 5. The van der Waals surface area contributed by atoms with E-state index in [0.29, 0.717) is 5.92 Å². The van der Waals surface area contributed by atoms with Gasteiger partial charge < -0.3 is 4.74 Å². The Morgan fingerprint density at radius 1 is 1.38 bits per heavy atom. The van der Waals surface area contributed by atoms with Crippen molar-refractivity contribution in [1.82, 2.24) is 5.43 Å². The zero-order chi connectivity index (χ0) is 14.7. The van der Waals surface area contributed by atoms with Crippen LogP contribution in [-0.2, 0) is 12.8 Å². The number of para-hydroxylation sites is 1. The molecular formula is C17H22N2OS. The number of benzene rings is 1. The summed E-state index contributed by atoms with van der Waals surface area (Å²) < 4.78 is 5.47. The third kappa shape index (κ3) is 2.98. The molecule has 1 aliphatic carbocycles. The van der Waals surface area contributed by atoms with Gasteiger partial charge in [0.25, 0.3) is 0 Å². The molecule has 112 valence electrons. The molecule has 1 aliphatic rings. The van der Waals surface area contributed by atoms with Crippen molar-refractivity contribution in [2.45, 2.75) is 37.6 Å². The molecule has 3 nitrogen and oxygen atoms in total. The molecule has 0 saturated heterocycles. The van der Waals surface area contributed by atoms with Crippen molar-refractivity contribution in [3.8, 4) is 5.75 Å². The molecule has 0 aliphatic heterocycles. The Morgan fingerprint density at radius 3 is 3.05 bits per heavy atom. The second-order valence-electron chi connectivity index (χ2n) is 5.59. The van der Waals surface area contributed by atoms with E-state index in [2.05, 4.69) is 29.0 Å². The largest absolute Gasteiger partial charge is 0.496 e. The topological polar surface area (TPSA) is 47.3 Å². The van der Waals surface area contributed by atoms with Gasteiger partial charge in [0.15, 0.2) is 0 Å². The Morgan fingerprint density at radius 2 is 2.24 bits per heavy atom. The molecule has 1 aromatic carbocycles. The second kappa shape index (κ2) is 6.60. The fourth-order valence-electron chi connectivity index (χ4n) is 3.37. The molecule has 2 aromatic rings. The monoisotopic (exact) mass is 302 g/mol. The highest BCUT2D eigenvalue weighted by Gasteiger charge is 2.28. The maximum atomic E-state index is 5.88. The van der Waals surface area contributed by atoms with Crippen LogP contribution in [0.15, 0.2) is 35.7 Å². The predicted molar refractivity (Wildman–Crippen MR) is 87.8 cm³/mol. The molecule has 21 heavy (non-hydrogen) atoms. The number of nitrogens with one attached hydrogen (secondary N) is 1. The van der Waals surface area contributed by atoms with Gasteiger partial charge in [0.1, 0.15) is 5.75 Å². The van der Waals surface area contributed by atoms with Gasteiger partial charge in [0.05, 0.1) is 7.11 Å². The highest BCUT2D eigenvalue weighted by atomic mass is 32.1. The van der Waals surface area contributed by atoms with Crippen molar-refractivity contribution < 1.29 is 4.74 Å². The van der Waals surface area contributed by atoms with Crippen LogP contribution in [0.3, 0.4) is 0 Å². The van der Waals surface area contributed by atoms with E-state index in [4.69, 9.17) is 10.6 Å². The molecule has 3 rings (SSSR count). The minimum absolute atomic E-state index is 0.245. The SMILES string of the molecule is COc1ccccc1CC(NN)C1CCCc2sccc21. The molecule has 0 saturated carbocycles. The molecule has 0 fully saturated rings. The minimum atomic E-state index is 0.245. The normalized spacial score (nSPS) is 19.0. The van der Waals surface area contributed by atoms with Gasteiger partial charge in [-0.1, -0.05) is 18.2 Å². The Balaban J connectivity index is 1.84. The Labute approximate surface area is 130 Å². The van der Waals surface area contributed by atoms with Crippen molar-refractivity contribution in [2.75, 3.05) is 7.11 Å². The standard InChI is InChI=1S/C17H22N2OS/c1-20-16-7-3-2-5-12(16)11-15(19-18)13-6-4-8-17-14(13)9-10-21-17/h2-3,5,7,9-10,13,15,19H,4,6,8,11,18H2,1H3. The van der Waals surface area contributed by atoms with E-state index < -0.39 is 0 Å². The Bertz CT molecular complexity index is 596. The smallest absolute Gasteiger partial charge is 0.122 e. The summed E-state index contributed by atoms with van der Waals surface area (Å²) >= 11 is 1.88. The maximum absolute atomic E-state index is 5.88. The summed E-state index contributed by atoms with van der Waals surface area (Å²) in [6.07, 6.45) is 4.56. The number of aryl methyl sites for hydroxylation is 1. The average molecular weight is 302 g/mol. The summed E-state index contributed by atoms with van der Waals surface area (Å²) in [5.41, 5.74) is 5.75. The number of methoxy groups -OCH3 is 1. The van der Waals surface area contributed by atoms with Gasteiger partial charge in [-0.25, -0.2) is 0 Å². The lowest BCUT2D eigenvalue weighted by Gasteiger charge is -2.30. The summed E-state index contributed by atoms with van der Waals surface area (Å²) in [5, 5.41) is 2.21. The predicted octanol–water partition coefficient (Wildman–Crippen LogP) is 3.25. The number of nitrogens with two attached hydrogens (primary N) is 1. The molecule has 0 bridgehead atoms. The van der Waals surface area contributed by atoms with Crippen LogP contribution < -0.4 is 16.0 Å². The first-order valence-electron chi connectivity index (χ1n) is 7.47. The van der Waals surface area contributed by atoms with Crippen LogP contribution in [0.2, 0.25) is 0 Å². The third-order valence-electron chi connectivity index (χ3n) is 4.43. The molecule has 2 atom stereocenters. The van der Waals surface area contributed by atoms with E-state index in [1.807, 2.05) is 23.5 Å². The number of hydrogen-bond acceptors (Lipinski definition) is 4. The lowest BCUT2D eigenvalue weighted by atomic mass is 9.80. The molecule has 1 heterocycles. The number of hydrazine groups is 1. The molecule has 0 amide bonds. The molecule has 1 aromatic heterocycles. The van der Waals surface area contributed by atoms with Gasteiger partial charge in [-0.2, -0.15) is 0 Å². The number of ether oxygens (including phenoxy) is 1. The summed E-state index contributed by atoms with van der Waals surface area (Å²) in [6.45, 7) is 0. The molecule has 0 spiro atoms. The van der Waals surface area contributed by atoms with Crippen molar-refractivity contribution in [1.29, 1.82) is 0 Å². The van der Waals surface area contributed by atoms with Gasteiger partial charge in [-0.3, -0.25) is 11.3 Å². The lowest BCUT2D eigenvalue weighted by Crippen LogP contribution is -2.42. The van der Waals surface area contributed by atoms with Crippen LogP contribution in [0.25, 0.3) is 0 Å². The molecule has 3 N–H and O–H groups in total. The van der Waals surface area contributed by atoms with Gasteiger partial charge in [-0.05, 0) is 54.3 Å². The zero-order valence-electron chi connectivity index (χ0n) is 12.3. The van der Waals surface area contributed by atoms with Crippen LogP contribution in [0, 0.1) is 0 Å². The first-order valence-corrected chi connectivity index (χ1v) is 8.35. The van der Waals surface area contributed by atoms with E-state index in [1.54, 1.807) is 7.11 Å². The van der Waals surface area contributed by atoms with Crippen LogP contribution >= 0.6 is 11.3 Å². The highest BCUT2D eigenvalue weighted by Crippen LogP contribution is 2.38. The fourth-order valence-corrected chi connectivity index (χ4v) is 4.36. The highest BCUT2D eigenvalue weighted by molar-refractivity contribution is 7.10. The first-order chi connectivity index (χ1) is 10.3. The summed E-state index contributed by atoms with van der Waals surface area (Å²) in [5.74, 6) is 7.32. The molecule has 4 heteroatoms. The summed E-state index contributed by atoms with van der Waals surface area (Å²) in [7, 11) is 1.72. The average Bonchev–Trinajstić information content (AvgIpc) is 3.01. The van der Waals surface area contributed by atoms with Crippen LogP contribution in [0.4, 0.5) is 0 Å². The van der Waals surface area contributed by atoms with Crippen molar-refractivity contribution in [2.24, 2.45) is 5.84 Å². The fraction of sp³-hybridized carbons (Fsp3) is 0.412. The Hall–Kier alpha value is -1.36.